The number of hydrogen-bond donors (Lipinski definition) is 2. The number of likely N-dealkylation sites (tertiary alicyclic amines) is 1. The lowest BCUT2D eigenvalue weighted by molar-refractivity contribution is -0.122. The Kier molecular flexibility index (Phi) is 5.64. The fourth-order valence-electron chi connectivity index (χ4n) is 2.50. The number of carbonyl (C=O) groups is 1. The van der Waals surface area contributed by atoms with E-state index in [1.165, 1.54) is 12.1 Å². The number of benzene rings is 1. The van der Waals surface area contributed by atoms with Crippen LogP contribution in [0.25, 0.3) is 0 Å². The average molecular weight is 298 g/mol. The number of aliphatic hydroxyl groups excluding tert-OH is 1. The summed E-state index contributed by atoms with van der Waals surface area (Å²) in [5.74, 6) is -1.13. The number of aliphatic hydroxyl groups is 1. The van der Waals surface area contributed by atoms with E-state index in [0.29, 0.717) is 11.5 Å². The highest BCUT2D eigenvalue weighted by Gasteiger charge is 2.19. The molecule has 1 aliphatic heterocycles. The lowest BCUT2D eigenvalue weighted by Gasteiger charge is -2.30. The number of nitrogens with zero attached hydrogens (tertiary/aromatic N) is 1. The monoisotopic (exact) mass is 298 g/mol. The molecule has 1 aromatic rings. The first-order valence-electron chi connectivity index (χ1n) is 7.11. The van der Waals surface area contributed by atoms with Crippen LogP contribution in [0, 0.1) is 17.6 Å². The molecule has 0 aliphatic carbocycles. The minimum atomic E-state index is -0.648. The van der Waals surface area contributed by atoms with Gasteiger partial charge in [-0.3, -0.25) is 9.69 Å². The summed E-state index contributed by atoms with van der Waals surface area (Å²) in [6.07, 6.45) is 1.78. The molecule has 0 saturated carbocycles. The summed E-state index contributed by atoms with van der Waals surface area (Å²) in [7, 11) is 0. The van der Waals surface area contributed by atoms with Gasteiger partial charge in [-0.2, -0.15) is 0 Å². The summed E-state index contributed by atoms with van der Waals surface area (Å²) >= 11 is 0. The molecule has 2 N–H and O–H groups in total. The molecular weight excluding hydrogens is 278 g/mol. The smallest absolute Gasteiger partial charge is 0.234 e. The molecule has 4 nitrogen and oxygen atoms in total. The SMILES string of the molecule is O=C(CN1CCC(CO)CC1)NCc1cc(F)cc(F)c1. The van der Waals surface area contributed by atoms with E-state index in [2.05, 4.69) is 5.32 Å². The highest BCUT2D eigenvalue weighted by molar-refractivity contribution is 5.78. The van der Waals surface area contributed by atoms with Crippen molar-refractivity contribution in [3.63, 3.8) is 0 Å². The maximum absolute atomic E-state index is 13.0. The standard InChI is InChI=1S/C15H20F2N2O2/c16-13-5-12(6-14(17)7-13)8-18-15(21)9-19-3-1-11(10-20)2-4-19/h5-7,11,20H,1-4,8-10H2,(H,18,21). The van der Waals surface area contributed by atoms with E-state index >= 15 is 0 Å². The van der Waals surface area contributed by atoms with E-state index in [1.54, 1.807) is 0 Å². The molecule has 0 unspecified atom stereocenters. The van der Waals surface area contributed by atoms with E-state index in [4.69, 9.17) is 5.11 Å². The fraction of sp³-hybridized carbons (Fsp3) is 0.533. The fourth-order valence-corrected chi connectivity index (χ4v) is 2.50. The molecule has 1 amide bonds. The van der Waals surface area contributed by atoms with Crippen molar-refractivity contribution in [3.05, 3.63) is 35.4 Å². The molecule has 6 heteroatoms. The third-order valence-corrected chi connectivity index (χ3v) is 3.74. The van der Waals surface area contributed by atoms with E-state index in [1.807, 2.05) is 4.90 Å². The Bertz CT molecular complexity index is 468. The Morgan fingerprint density at radius 3 is 2.43 bits per heavy atom. The summed E-state index contributed by atoms with van der Waals surface area (Å²) in [5, 5.41) is 11.7. The molecule has 116 valence electrons. The first-order valence-corrected chi connectivity index (χ1v) is 7.11. The predicted molar refractivity (Wildman–Crippen MR) is 74.5 cm³/mol. The van der Waals surface area contributed by atoms with Crippen LogP contribution in [0.1, 0.15) is 18.4 Å². The summed E-state index contributed by atoms with van der Waals surface area (Å²) < 4.78 is 26.0. The van der Waals surface area contributed by atoms with Crippen LogP contribution in [0.5, 0.6) is 0 Å². The van der Waals surface area contributed by atoms with Gasteiger partial charge in [0.15, 0.2) is 0 Å². The van der Waals surface area contributed by atoms with Crippen LogP contribution in [0.15, 0.2) is 18.2 Å². The van der Waals surface area contributed by atoms with Crippen molar-refractivity contribution >= 4 is 5.91 Å². The molecule has 1 aromatic carbocycles. The molecule has 1 fully saturated rings. The number of hydrogen-bond acceptors (Lipinski definition) is 3. The molecular formula is C15H20F2N2O2. The van der Waals surface area contributed by atoms with Crippen LogP contribution in [0.4, 0.5) is 8.78 Å². The minimum Gasteiger partial charge on any atom is -0.396 e. The largest absolute Gasteiger partial charge is 0.396 e. The number of nitrogens with one attached hydrogen (secondary N) is 1. The minimum absolute atomic E-state index is 0.112. The second-order valence-corrected chi connectivity index (χ2v) is 5.46. The average Bonchev–Trinajstić information content (AvgIpc) is 2.45. The Morgan fingerprint density at radius 1 is 1.24 bits per heavy atom. The van der Waals surface area contributed by atoms with Gasteiger partial charge >= 0.3 is 0 Å². The third kappa shape index (κ3) is 5.06. The summed E-state index contributed by atoms with van der Waals surface area (Å²) in [6.45, 7) is 2.15. The van der Waals surface area contributed by atoms with Crippen molar-refractivity contribution in [2.75, 3.05) is 26.2 Å². The van der Waals surface area contributed by atoms with Crippen molar-refractivity contribution in [1.29, 1.82) is 0 Å². The van der Waals surface area contributed by atoms with Gasteiger partial charge in [0.05, 0.1) is 6.54 Å². The van der Waals surface area contributed by atoms with Crippen molar-refractivity contribution in [1.82, 2.24) is 10.2 Å². The summed E-state index contributed by atoms with van der Waals surface area (Å²) in [6, 6.07) is 3.21. The van der Waals surface area contributed by atoms with Gasteiger partial charge in [0.2, 0.25) is 5.91 Å². The Labute approximate surface area is 122 Å². The van der Waals surface area contributed by atoms with Gasteiger partial charge in [-0.15, -0.1) is 0 Å². The molecule has 1 aliphatic rings. The number of halogens is 2. The molecule has 0 bridgehead atoms. The van der Waals surface area contributed by atoms with Crippen LogP contribution >= 0.6 is 0 Å². The van der Waals surface area contributed by atoms with Crippen LogP contribution in [-0.4, -0.2) is 42.2 Å². The van der Waals surface area contributed by atoms with Crippen LogP contribution in [0.3, 0.4) is 0 Å². The van der Waals surface area contributed by atoms with Crippen molar-refractivity contribution in [2.24, 2.45) is 5.92 Å². The number of amides is 1. The predicted octanol–water partition coefficient (Wildman–Crippen LogP) is 1.29. The van der Waals surface area contributed by atoms with Crippen molar-refractivity contribution in [2.45, 2.75) is 19.4 Å². The summed E-state index contributed by atoms with van der Waals surface area (Å²) in [4.78, 5) is 13.8. The quantitative estimate of drug-likeness (QED) is 0.861. The highest BCUT2D eigenvalue weighted by atomic mass is 19.1. The maximum Gasteiger partial charge on any atom is 0.234 e. The van der Waals surface area contributed by atoms with Crippen molar-refractivity contribution < 1.29 is 18.7 Å². The first kappa shape index (κ1) is 15.9. The van der Waals surface area contributed by atoms with Crippen LogP contribution < -0.4 is 5.32 Å². The molecule has 2 rings (SSSR count). The van der Waals surface area contributed by atoms with Gasteiger partial charge in [0.25, 0.3) is 0 Å². The zero-order valence-corrected chi connectivity index (χ0v) is 11.8. The maximum atomic E-state index is 13.0. The van der Waals surface area contributed by atoms with Gasteiger partial charge < -0.3 is 10.4 Å². The van der Waals surface area contributed by atoms with Gasteiger partial charge in [-0.05, 0) is 49.5 Å². The third-order valence-electron chi connectivity index (χ3n) is 3.74. The van der Waals surface area contributed by atoms with Crippen LogP contribution in [0.2, 0.25) is 0 Å². The zero-order valence-electron chi connectivity index (χ0n) is 11.8. The molecule has 21 heavy (non-hydrogen) atoms. The van der Waals surface area contributed by atoms with E-state index in [0.717, 1.165) is 32.0 Å². The number of piperidine rings is 1. The van der Waals surface area contributed by atoms with Crippen LogP contribution in [-0.2, 0) is 11.3 Å². The van der Waals surface area contributed by atoms with Crippen molar-refractivity contribution in [3.8, 4) is 0 Å². The number of carbonyl (C=O) groups excluding carboxylic acids is 1. The van der Waals surface area contributed by atoms with E-state index < -0.39 is 11.6 Å². The lowest BCUT2D eigenvalue weighted by atomic mass is 9.98. The Morgan fingerprint density at radius 2 is 1.86 bits per heavy atom. The Hall–Kier alpha value is -1.53. The van der Waals surface area contributed by atoms with Gasteiger partial charge in [0.1, 0.15) is 11.6 Å². The molecule has 0 atom stereocenters. The lowest BCUT2D eigenvalue weighted by Crippen LogP contribution is -2.41. The number of rotatable bonds is 5. The zero-order chi connectivity index (χ0) is 15.2. The topological polar surface area (TPSA) is 52.6 Å². The second-order valence-electron chi connectivity index (χ2n) is 5.46. The Balaban J connectivity index is 1.75. The molecule has 0 radical (unpaired) electrons. The molecule has 1 heterocycles. The molecule has 0 spiro atoms. The van der Waals surface area contributed by atoms with E-state index in [-0.39, 0.29) is 25.6 Å². The highest BCUT2D eigenvalue weighted by Crippen LogP contribution is 2.15. The molecule has 0 aromatic heterocycles. The normalized spacial score (nSPS) is 16.9. The first-order chi connectivity index (χ1) is 10.1. The molecule has 1 saturated heterocycles. The van der Waals surface area contributed by atoms with Gasteiger partial charge in [0, 0.05) is 19.2 Å². The van der Waals surface area contributed by atoms with Gasteiger partial charge in [-0.1, -0.05) is 0 Å². The van der Waals surface area contributed by atoms with Gasteiger partial charge in [-0.25, -0.2) is 8.78 Å². The second kappa shape index (κ2) is 7.47. The van der Waals surface area contributed by atoms with E-state index in [9.17, 15) is 13.6 Å². The summed E-state index contributed by atoms with van der Waals surface area (Å²) in [5.41, 5.74) is 0.403.